The summed E-state index contributed by atoms with van der Waals surface area (Å²) in [7, 11) is -0.241. The zero-order valence-corrected chi connectivity index (χ0v) is 14.0. The van der Waals surface area contributed by atoms with Gasteiger partial charge in [0.05, 0.1) is 11.2 Å². The second kappa shape index (κ2) is 4.89. The summed E-state index contributed by atoms with van der Waals surface area (Å²) in [5, 5.41) is 0. The lowest BCUT2D eigenvalue weighted by atomic mass is 9.67. The highest BCUT2D eigenvalue weighted by atomic mass is 16.7. The van der Waals surface area contributed by atoms with Gasteiger partial charge >= 0.3 is 7.12 Å². The monoisotopic (exact) mass is 274 g/mol. The second-order valence-corrected chi connectivity index (χ2v) is 7.29. The number of hydrogen-bond acceptors (Lipinski definition) is 2. The van der Waals surface area contributed by atoms with Crippen molar-refractivity contribution in [3.63, 3.8) is 0 Å². The molecule has 1 heterocycles. The molecule has 2 aliphatic rings. The van der Waals surface area contributed by atoms with E-state index in [-0.39, 0.29) is 18.3 Å². The van der Waals surface area contributed by atoms with E-state index in [2.05, 4.69) is 55.0 Å². The van der Waals surface area contributed by atoms with E-state index in [1.807, 2.05) is 0 Å². The third-order valence-electron chi connectivity index (χ3n) is 5.07. The van der Waals surface area contributed by atoms with Crippen LogP contribution in [0, 0.1) is 0 Å². The minimum absolute atomic E-state index is 0.241. The number of hydrogen-bond donors (Lipinski definition) is 0. The number of allylic oxidation sites excluding steroid dienone is 5. The van der Waals surface area contributed by atoms with Crippen molar-refractivity contribution in [3.8, 4) is 0 Å². The SMILES string of the molecule is C=C(C)C1=C(B2OC(C)(C)C(C)(C)O2)CC(C)=C(C)C1. The fourth-order valence-electron chi connectivity index (χ4n) is 2.71. The van der Waals surface area contributed by atoms with Gasteiger partial charge in [0.2, 0.25) is 0 Å². The fraction of sp³-hybridized carbons (Fsp3) is 0.647. The second-order valence-electron chi connectivity index (χ2n) is 7.29. The first-order chi connectivity index (χ1) is 9.05. The standard InChI is InChI=1S/C17H27BO2/c1-11(2)14-9-12(3)13(4)10-15(14)18-19-16(5,6)17(7,8)20-18/h1,9-10H2,2-8H3. The van der Waals surface area contributed by atoms with Gasteiger partial charge in [0.25, 0.3) is 0 Å². The molecule has 110 valence electrons. The Bertz CT molecular complexity index is 493. The van der Waals surface area contributed by atoms with Gasteiger partial charge in [-0.15, -0.1) is 0 Å². The summed E-state index contributed by atoms with van der Waals surface area (Å²) in [5.74, 6) is 0. The van der Waals surface area contributed by atoms with E-state index in [0.717, 1.165) is 18.4 Å². The van der Waals surface area contributed by atoms with Crippen molar-refractivity contribution >= 4 is 7.12 Å². The quantitative estimate of drug-likeness (QED) is 0.540. The predicted octanol–water partition coefficient (Wildman–Crippen LogP) is 4.62. The largest absolute Gasteiger partial charge is 0.491 e. The van der Waals surface area contributed by atoms with Crippen molar-refractivity contribution in [1.82, 2.24) is 0 Å². The van der Waals surface area contributed by atoms with Crippen LogP contribution in [0.1, 0.15) is 61.3 Å². The summed E-state index contributed by atoms with van der Waals surface area (Å²) in [5.41, 5.74) is 6.01. The lowest BCUT2D eigenvalue weighted by molar-refractivity contribution is 0.00578. The average Bonchev–Trinajstić information content (AvgIpc) is 2.51. The van der Waals surface area contributed by atoms with Crippen LogP contribution in [0.2, 0.25) is 0 Å². The first-order valence-corrected chi connectivity index (χ1v) is 7.44. The molecule has 0 N–H and O–H groups in total. The van der Waals surface area contributed by atoms with Crippen molar-refractivity contribution in [1.29, 1.82) is 0 Å². The van der Waals surface area contributed by atoms with Crippen molar-refractivity contribution in [3.05, 3.63) is 34.3 Å². The Labute approximate surface area is 124 Å². The maximum atomic E-state index is 6.22. The van der Waals surface area contributed by atoms with Gasteiger partial charge in [-0.2, -0.15) is 0 Å². The van der Waals surface area contributed by atoms with Gasteiger partial charge in [0, 0.05) is 0 Å². The average molecular weight is 274 g/mol. The van der Waals surface area contributed by atoms with E-state index >= 15 is 0 Å². The number of rotatable bonds is 2. The van der Waals surface area contributed by atoms with Gasteiger partial charge in [-0.1, -0.05) is 23.3 Å². The Hall–Kier alpha value is -0.795. The van der Waals surface area contributed by atoms with Crippen molar-refractivity contribution in [2.24, 2.45) is 0 Å². The topological polar surface area (TPSA) is 18.5 Å². The molecular weight excluding hydrogens is 247 g/mol. The van der Waals surface area contributed by atoms with Gasteiger partial charge in [0.1, 0.15) is 0 Å². The molecule has 0 aromatic carbocycles. The maximum absolute atomic E-state index is 6.22. The van der Waals surface area contributed by atoms with Crippen LogP contribution < -0.4 is 0 Å². The Morgan fingerprint density at radius 1 is 1.00 bits per heavy atom. The van der Waals surface area contributed by atoms with Crippen LogP contribution in [0.25, 0.3) is 0 Å². The molecular formula is C17H27BO2. The lowest BCUT2D eigenvalue weighted by Crippen LogP contribution is -2.41. The van der Waals surface area contributed by atoms with Crippen LogP contribution in [0.4, 0.5) is 0 Å². The van der Waals surface area contributed by atoms with Gasteiger partial charge in [-0.05, 0) is 72.4 Å². The molecule has 20 heavy (non-hydrogen) atoms. The van der Waals surface area contributed by atoms with Crippen LogP contribution in [0.3, 0.4) is 0 Å². The highest BCUT2D eigenvalue weighted by Crippen LogP contribution is 2.43. The van der Waals surface area contributed by atoms with Crippen molar-refractivity contribution < 1.29 is 9.31 Å². The summed E-state index contributed by atoms with van der Waals surface area (Å²) < 4.78 is 12.4. The van der Waals surface area contributed by atoms with Crippen LogP contribution in [-0.4, -0.2) is 18.3 Å². The van der Waals surface area contributed by atoms with Crippen molar-refractivity contribution in [2.75, 3.05) is 0 Å². The molecule has 0 spiro atoms. The molecule has 0 unspecified atom stereocenters. The zero-order valence-electron chi connectivity index (χ0n) is 14.0. The van der Waals surface area contributed by atoms with Crippen LogP contribution in [0.15, 0.2) is 34.3 Å². The predicted molar refractivity (Wildman–Crippen MR) is 85.5 cm³/mol. The first-order valence-electron chi connectivity index (χ1n) is 7.44. The smallest absolute Gasteiger partial charge is 0.400 e. The molecule has 0 radical (unpaired) electrons. The molecule has 0 amide bonds. The lowest BCUT2D eigenvalue weighted by Gasteiger charge is -2.32. The first kappa shape index (κ1) is 15.6. The summed E-state index contributed by atoms with van der Waals surface area (Å²) in [6.07, 6.45) is 1.91. The maximum Gasteiger partial charge on any atom is 0.491 e. The summed E-state index contributed by atoms with van der Waals surface area (Å²) in [6, 6.07) is 0. The third-order valence-corrected chi connectivity index (χ3v) is 5.07. The summed E-state index contributed by atoms with van der Waals surface area (Å²) >= 11 is 0. The van der Waals surface area contributed by atoms with E-state index in [4.69, 9.17) is 9.31 Å². The Balaban J connectivity index is 2.36. The van der Waals surface area contributed by atoms with Gasteiger partial charge in [-0.25, -0.2) is 0 Å². The molecule has 3 heteroatoms. The molecule has 0 saturated carbocycles. The van der Waals surface area contributed by atoms with E-state index in [1.165, 1.54) is 22.2 Å². The van der Waals surface area contributed by atoms with Crippen LogP contribution in [0.5, 0.6) is 0 Å². The Morgan fingerprint density at radius 3 is 1.90 bits per heavy atom. The van der Waals surface area contributed by atoms with Gasteiger partial charge < -0.3 is 9.31 Å². The molecule has 2 nitrogen and oxygen atoms in total. The fourth-order valence-corrected chi connectivity index (χ4v) is 2.71. The Morgan fingerprint density at radius 2 is 1.45 bits per heavy atom. The van der Waals surface area contributed by atoms with Gasteiger partial charge in [0.15, 0.2) is 0 Å². The Kier molecular flexibility index (Phi) is 3.81. The normalized spacial score (nSPS) is 25.4. The minimum atomic E-state index is -0.283. The summed E-state index contributed by atoms with van der Waals surface area (Å²) in [4.78, 5) is 0. The van der Waals surface area contributed by atoms with E-state index in [0.29, 0.717) is 0 Å². The molecule has 1 aliphatic carbocycles. The van der Waals surface area contributed by atoms with E-state index in [9.17, 15) is 0 Å². The minimum Gasteiger partial charge on any atom is -0.400 e. The molecule has 0 aromatic heterocycles. The molecule has 0 atom stereocenters. The molecule has 2 rings (SSSR count). The summed E-state index contributed by atoms with van der Waals surface area (Å²) in [6.45, 7) is 19.0. The van der Waals surface area contributed by atoms with Crippen LogP contribution >= 0.6 is 0 Å². The molecule has 0 bridgehead atoms. The van der Waals surface area contributed by atoms with Crippen LogP contribution in [-0.2, 0) is 9.31 Å². The van der Waals surface area contributed by atoms with Gasteiger partial charge in [-0.3, -0.25) is 0 Å². The highest BCUT2D eigenvalue weighted by Gasteiger charge is 2.53. The van der Waals surface area contributed by atoms with E-state index in [1.54, 1.807) is 0 Å². The molecule has 1 fully saturated rings. The molecule has 0 aromatic rings. The van der Waals surface area contributed by atoms with Crippen molar-refractivity contribution in [2.45, 2.75) is 72.5 Å². The van der Waals surface area contributed by atoms with E-state index < -0.39 is 0 Å². The third kappa shape index (κ3) is 2.54. The zero-order chi connectivity index (χ0) is 15.3. The highest BCUT2D eigenvalue weighted by molar-refractivity contribution is 6.55. The molecule has 1 aliphatic heterocycles. The molecule has 1 saturated heterocycles.